The van der Waals surface area contributed by atoms with E-state index in [1.165, 1.54) is 18.6 Å². The molecule has 18 heavy (non-hydrogen) atoms. The van der Waals surface area contributed by atoms with Crippen molar-refractivity contribution in [1.82, 2.24) is 14.3 Å². The van der Waals surface area contributed by atoms with Gasteiger partial charge in [-0.25, -0.2) is 9.97 Å². The molecule has 3 rings (SSSR count). The molecule has 0 aliphatic heterocycles. The molecule has 1 aliphatic carbocycles. The van der Waals surface area contributed by atoms with Crippen LogP contribution in [-0.4, -0.2) is 20.2 Å². The number of carbonyl (C=O) groups excluding carboxylic acids is 1. The molecular formula is C11H9FN4OS. The lowest BCUT2D eigenvalue weighted by molar-refractivity contribution is 0.102. The maximum Gasteiger partial charge on any atom is 0.257 e. The smallest absolute Gasteiger partial charge is 0.257 e. The van der Waals surface area contributed by atoms with Crippen LogP contribution in [0.25, 0.3) is 0 Å². The minimum atomic E-state index is -0.651. The van der Waals surface area contributed by atoms with Crippen molar-refractivity contribution in [3.8, 4) is 0 Å². The van der Waals surface area contributed by atoms with Crippen LogP contribution < -0.4 is 5.32 Å². The zero-order valence-corrected chi connectivity index (χ0v) is 10.1. The molecule has 2 heterocycles. The summed E-state index contributed by atoms with van der Waals surface area (Å²) in [4.78, 5) is 19.5. The zero-order valence-electron chi connectivity index (χ0n) is 9.26. The third kappa shape index (κ3) is 2.21. The largest absolute Gasteiger partial charge is 0.297 e. The second-order valence-corrected chi connectivity index (χ2v) is 4.85. The second kappa shape index (κ2) is 4.41. The quantitative estimate of drug-likeness (QED) is 0.863. The molecule has 0 atom stereocenters. The number of pyridine rings is 1. The Morgan fingerprint density at radius 3 is 2.94 bits per heavy atom. The van der Waals surface area contributed by atoms with Gasteiger partial charge < -0.3 is 0 Å². The van der Waals surface area contributed by atoms with E-state index < -0.39 is 5.95 Å². The SMILES string of the molecule is O=C(Nc1ncns1)c1cc(F)ncc1C1CC1. The predicted octanol–water partition coefficient (Wildman–Crippen LogP) is 2.20. The highest BCUT2D eigenvalue weighted by Crippen LogP contribution is 2.41. The highest BCUT2D eigenvalue weighted by molar-refractivity contribution is 7.09. The van der Waals surface area contributed by atoms with Crippen molar-refractivity contribution >= 4 is 22.6 Å². The molecule has 0 bridgehead atoms. The molecular weight excluding hydrogens is 255 g/mol. The fraction of sp³-hybridized carbons (Fsp3) is 0.273. The fourth-order valence-corrected chi connectivity index (χ4v) is 2.18. The van der Waals surface area contributed by atoms with Crippen LogP contribution in [0.1, 0.15) is 34.7 Å². The van der Waals surface area contributed by atoms with Crippen LogP contribution in [0.4, 0.5) is 9.52 Å². The maximum atomic E-state index is 13.2. The molecule has 0 aromatic carbocycles. The van der Waals surface area contributed by atoms with Crippen molar-refractivity contribution in [2.75, 3.05) is 5.32 Å². The molecule has 92 valence electrons. The van der Waals surface area contributed by atoms with E-state index >= 15 is 0 Å². The molecule has 0 saturated heterocycles. The fourth-order valence-electron chi connectivity index (χ4n) is 1.75. The standard InChI is InChI=1S/C11H9FN4OS/c12-9-3-7(8(4-13-9)6-1-2-6)10(17)16-11-14-5-15-18-11/h3-6H,1-2H2,(H,14,15,16,17). The number of nitrogens with one attached hydrogen (secondary N) is 1. The van der Waals surface area contributed by atoms with Gasteiger partial charge in [0.25, 0.3) is 5.91 Å². The van der Waals surface area contributed by atoms with Crippen molar-refractivity contribution in [3.63, 3.8) is 0 Å². The number of anilines is 1. The monoisotopic (exact) mass is 264 g/mol. The zero-order chi connectivity index (χ0) is 12.5. The van der Waals surface area contributed by atoms with Gasteiger partial charge in [-0.3, -0.25) is 10.1 Å². The first kappa shape index (κ1) is 11.2. The van der Waals surface area contributed by atoms with E-state index in [2.05, 4.69) is 19.7 Å². The molecule has 1 N–H and O–H groups in total. The van der Waals surface area contributed by atoms with E-state index in [4.69, 9.17) is 0 Å². The van der Waals surface area contributed by atoms with Crippen molar-refractivity contribution in [1.29, 1.82) is 0 Å². The first-order valence-electron chi connectivity index (χ1n) is 5.47. The van der Waals surface area contributed by atoms with Crippen LogP contribution in [0.3, 0.4) is 0 Å². The summed E-state index contributed by atoms with van der Waals surface area (Å²) in [5.41, 5.74) is 1.14. The molecule has 1 fully saturated rings. The van der Waals surface area contributed by atoms with Crippen LogP contribution in [-0.2, 0) is 0 Å². The summed E-state index contributed by atoms with van der Waals surface area (Å²) in [5.74, 6) is -0.690. The molecule has 1 amide bonds. The Bertz CT molecular complexity index is 583. The Labute approximate surface area is 106 Å². The number of rotatable bonds is 3. The number of hydrogen-bond donors (Lipinski definition) is 1. The molecule has 0 radical (unpaired) electrons. The normalized spacial score (nSPS) is 14.5. The average molecular weight is 264 g/mol. The summed E-state index contributed by atoms with van der Waals surface area (Å²) < 4.78 is 16.9. The summed E-state index contributed by atoms with van der Waals surface area (Å²) in [5, 5.41) is 3.00. The van der Waals surface area contributed by atoms with Gasteiger partial charge in [-0.15, -0.1) is 0 Å². The molecule has 2 aromatic heterocycles. The van der Waals surface area contributed by atoms with Crippen molar-refractivity contribution in [2.24, 2.45) is 0 Å². The van der Waals surface area contributed by atoms with Gasteiger partial charge in [-0.2, -0.15) is 8.76 Å². The van der Waals surface area contributed by atoms with E-state index in [-0.39, 0.29) is 5.91 Å². The molecule has 0 unspecified atom stereocenters. The van der Waals surface area contributed by atoms with Gasteiger partial charge in [0.2, 0.25) is 11.1 Å². The van der Waals surface area contributed by atoms with Crippen molar-refractivity contribution < 1.29 is 9.18 Å². The molecule has 0 spiro atoms. The molecule has 2 aromatic rings. The van der Waals surface area contributed by atoms with Gasteiger partial charge in [0.05, 0.1) is 0 Å². The van der Waals surface area contributed by atoms with E-state index in [1.54, 1.807) is 0 Å². The number of halogens is 1. The molecule has 5 nitrogen and oxygen atoms in total. The average Bonchev–Trinajstić information content (AvgIpc) is 3.08. The van der Waals surface area contributed by atoms with Crippen LogP contribution in [0.5, 0.6) is 0 Å². The Morgan fingerprint density at radius 2 is 2.28 bits per heavy atom. The Hall–Kier alpha value is -1.89. The lowest BCUT2D eigenvalue weighted by Gasteiger charge is -2.07. The predicted molar refractivity (Wildman–Crippen MR) is 64.0 cm³/mol. The minimum absolute atomic E-state index is 0.327. The third-order valence-corrected chi connectivity index (χ3v) is 3.33. The van der Waals surface area contributed by atoms with Gasteiger partial charge in [0, 0.05) is 29.4 Å². The lowest BCUT2D eigenvalue weighted by atomic mass is 10.1. The topological polar surface area (TPSA) is 67.8 Å². The van der Waals surface area contributed by atoms with Crippen LogP contribution in [0, 0.1) is 5.95 Å². The summed E-state index contributed by atoms with van der Waals surface area (Å²) in [7, 11) is 0. The van der Waals surface area contributed by atoms with Crippen molar-refractivity contribution in [3.05, 3.63) is 35.7 Å². The number of carbonyl (C=O) groups is 1. The van der Waals surface area contributed by atoms with Crippen LogP contribution >= 0.6 is 11.5 Å². The first-order chi connectivity index (χ1) is 8.74. The van der Waals surface area contributed by atoms with Gasteiger partial charge in [-0.1, -0.05) is 0 Å². The second-order valence-electron chi connectivity index (χ2n) is 4.07. The third-order valence-electron chi connectivity index (χ3n) is 2.74. The highest BCUT2D eigenvalue weighted by atomic mass is 32.1. The molecule has 7 heteroatoms. The Kier molecular flexibility index (Phi) is 2.75. The summed E-state index contributed by atoms with van der Waals surface area (Å²) >= 11 is 1.08. The van der Waals surface area contributed by atoms with E-state index in [9.17, 15) is 9.18 Å². The maximum absolute atomic E-state index is 13.2. The van der Waals surface area contributed by atoms with Crippen molar-refractivity contribution in [2.45, 2.75) is 18.8 Å². The van der Waals surface area contributed by atoms with Gasteiger partial charge in [0.1, 0.15) is 6.33 Å². The summed E-state index contributed by atoms with van der Waals surface area (Å²) in [6.07, 6.45) is 4.84. The van der Waals surface area contributed by atoms with E-state index in [1.807, 2.05) is 0 Å². The lowest BCUT2D eigenvalue weighted by Crippen LogP contribution is -2.14. The summed E-state index contributed by atoms with van der Waals surface area (Å²) in [6, 6.07) is 1.17. The number of aromatic nitrogens is 3. The Balaban J connectivity index is 1.90. The highest BCUT2D eigenvalue weighted by Gasteiger charge is 2.29. The van der Waals surface area contributed by atoms with Gasteiger partial charge in [0.15, 0.2) is 0 Å². The van der Waals surface area contributed by atoms with E-state index in [0.717, 1.165) is 29.9 Å². The number of amides is 1. The number of nitrogens with zero attached hydrogens (tertiary/aromatic N) is 3. The summed E-state index contributed by atoms with van der Waals surface area (Å²) in [6.45, 7) is 0. The van der Waals surface area contributed by atoms with Crippen LogP contribution in [0.15, 0.2) is 18.6 Å². The molecule has 1 aliphatic rings. The van der Waals surface area contributed by atoms with Gasteiger partial charge >= 0.3 is 0 Å². The first-order valence-corrected chi connectivity index (χ1v) is 6.25. The molecule has 1 saturated carbocycles. The Morgan fingerprint density at radius 1 is 1.44 bits per heavy atom. The van der Waals surface area contributed by atoms with Gasteiger partial charge in [-0.05, 0) is 24.3 Å². The van der Waals surface area contributed by atoms with E-state index in [0.29, 0.717) is 16.6 Å². The number of hydrogen-bond acceptors (Lipinski definition) is 5. The van der Waals surface area contributed by atoms with Crippen LogP contribution in [0.2, 0.25) is 0 Å². The minimum Gasteiger partial charge on any atom is -0.297 e.